The molecule has 0 radical (unpaired) electrons. The maximum atomic E-state index is 13.3. The zero-order valence-corrected chi connectivity index (χ0v) is 21.4. The summed E-state index contributed by atoms with van der Waals surface area (Å²) in [5, 5.41) is 0. The highest BCUT2D eigenvalue weighted by molar-refractivity contribution is 7.91. The fourth-order valence-corrected chi connectivity index (χ4v) is 5.84. The number of likely N-dealkylation sites (tertiary alicyclic amines) is 1. The summed E-state index contributed by atoms with van der Waals surface area (Å²) in [6, 6.07) is 13.1. The molecule has 0 saturated carbocycles. The van der Waals surface area contributed by atoms with Gasteiger partial charge in [-0.15, -0.1) is 0 Å². The Morgan fingerprint density at radius 1 is 0.971 bits per heavy atom. The molecule has 186 valence electrons. The number of ether oxygens (including phenoxy) is 1. The number of carbonyl (C=O) groups is 1. The number of sulfone groups is 2. The Balaban J connectivity index is 1.70. The van der Waals surface area contributed by atoms with E-state index in [1.807, 2.05) is 12.1 Å². The van der Waals surface area contributed by atoms with Crippen LogP contribution < -0.4 is 0 Å². The van der Waals surface area contributed by atoms with Gasteiger partial charge in [-0.3, -0.25) is 9.69 Å². The number of rotatable bonds is 9. The third-order valence-corrected chi connectivity index (χ3v) is 8.42. The van der Waals surface area contributed by atoms with Crippen LogP contribution in [0.15, 0.2) is 58.3 Å². The molecule has 1 amide bonds. The highest BCUT2D eigenvalue weighted by Crippen LogP contribution is 2.23. The zero-order valence-electron chi connectivity index (χ0n) is 19.8. The largest absolute Gasteiger partial charge is 0.383 e. The van der Waals surface area contributed by atoms with E-state index in [1.54, 1.807) is 36.3 Å². The van der Waals surface area contributed by atoms with Crippen molar-refractivity contribution in [1.82, 2.24) is 9.80 Å². The van der Waals surface area contributed by atoms with Crippen LogP contribution in [0.3, 0.4) is 0 Å². The standard InChI is InChI=1S/C24H32N2O6S2/c1-32-17-16-26(24(27)19-8-10-22(11-9-19)33(2,28)29)21-12-14-25(15-13-21)18-20-6-4-5-7-23(20)34(3,30)31/h4-11,21H,12-18H2,1-3H3. The van der Waals surface area contributed by atoms with E-state index in [4.69, 9.17) is 4.74 Å². The van der Waals surface area contributed by atoms with E-state index in [-0.39, 0.29) is 16.8 Å². The third-order valence-electron chi connectivity index (χ3n) is 6.09. The minimum Gasteiger partial charge on any atom is -0.383 e. The van der Waals surface area contributed by atoms with Crippen molar-refractivity contribution in [1.29, 1.82) is 0 Å². The van der Waals surface area contributed by atoms with Gasteiger partial charge in [-0.1, -0.05) is 18.2 Å². The van der Waals surface area contributed by atoms with Gasteiger partial charge in [0.1, 0.15) is 0 Å². The summed E-state index contributed by atoms with van der Waals surface area (Å²) in [4.78, 5) is 17.8. The number of methoxy groups -OCH3 is 1. The molecule has 10 heteroatoms. The molecule has 2 aromatic rings. The lowest BCUT2D eigenvalue weighted by Gasteiger charge is -2.38. The van der Waals surface area contributed by atoms with Gasteiger partial charge in [0, 0.05) is 57.4 Å². The summed E-state index contributed by atoms with van der Waals surface area (Å²) in [6.45, 7) is 2.83. The average molecular weight is 509 g/mol. The summed E-state index contributed by atoms with van der Waals surface area (Å²) < 4.78 is 52.9. The van der Waals surface area contributed by atoms with Gasteiger partial charge in [-0.05, 0) is 48.7 Å². The molecule has 1 fully saturated rings. The van der Waals surface area contributed by atoms with Crippen LogP contribution in [0.5, 0.6) is 0 Å². The SMILES string of the molecule is COCCN(C(=O)c1ccc(S(C)(=O)=O)cc1)C1CCN(Cc2ccccc2S(C)(=O)=O)CC1. The van der Waals surface area contributed by atoms with Crippen LogP contribution in [-0.4, -0.2) is 84.4 Å². The molecule has 0 atom stereocenters. The summed E-state index contributed by atoms with van der Waals surface area (Å²) >= 11 is 0. The molecule has 3 rings (SSSR count). The van der Waals surface area contributed by atoms with Crippen molar-refractivity contribution in [3.63, 3.8) is 0 Å². The summed E-state index contributed by atoms with van der Waals surface area (Å²) in [5.41, 5.74) is 1.22. The van der Waals surface area contributed by atoms with Crippen LogP contribution in [0.2, 0.25) is 0 Å². The van der Waals surface area contributed by atoms with E-state index in [0.717, 1.165) is 37.8 Å². The van der Waals surface area contributed by atoms with E-state index in [2.05, 4.69) is 4.90 Å². The monoisotopic (exact) mass is 508 g/mol. The first kappa shape index (κ1) is 26.3. The fourth-order valence-electron chi connectivity index (χ4n) is 4.28. The Morgan fingerprint density at radius 3 is 2.15 bits per heavy atom. The molecule has 0 spiro atoms. The number of hydrogen-bond acceptors (Lipinski definition) is 7. The van der Waals surface area contributed by atoms with E-state index in [9.17, 15) is 21.6 Å². The molecule has 34 heavy (non-hydrogen) atoms. The van der Waals surface area contributed by atoms with Gasteiger partial charge in [-0.25, -0.2) is 16.8 Å². The number of piperidine rings is 1. The van der Waals surface area contributed by atoms with Crippen LogP contribution in [0.4, 0.5) is 0 Å². The molecule has 1 aliphatic rings. The number of nitrogens with zero attached hydrogens (tertiary/aromatic N) is 2. The topological polar surface area (TPSA) is 101 Å². The van der Waals surface area contributed by atoms with Gasteiger partial charge in [0.25, 0.3) is 5.91 Å². The van der Waals surface area contributed by atoms with Crippen molar-refractivity contribution >= 4 is 25.6 Å². The summed E-state index contributed by atoms with van der Waals surface area (Å²) in [7, 11) is -5.05. The molecular weight excluding hydrogens is 476 g/mol. The number of amides is 1. The lowest BCUT2D eigenvalue weighted by Crippen LogP contribution is -2.48. The predicted octanol–water partition coefficient (Wildman–Crippen LogP) is 2.25. The Kier molecular flexibility index (Phi) is 8.51. The van der Waals surface area contributed by atoms with Gasteiger partial charge >= 0.3 is 0 Å². The van der Waals surface area contributed by atoms with Crippen molar-refractivity contribution < 1.29 is 26.4 Å². The lowest BCUT2D eigenvalue weighted by molar-refractivity contribution is 0.0477. The van der Waals surface area contributed by atoms with E-state index < -0.39 is 19.7 Å². The van der Waals surface area contributed by atoms with Crippen LogP contribution >= 0.6 is 0 Å². The van der Waals surface area contributed by atoms with Crippen molar-refractivity contribution in [2.75, 3.05) is 45.9 Å². The molecule has 1 saturated heterocycles. The Morgan fingerprint density at radius 2 is 1.59 bits per heavy atom. The van der Waals surface area contributed by atoms with Gasteiger partial charge in [-0.2, -0.15) is 0 Å². The fraction of sp³-hybridized carbons (Fsp3) is 0.458. The number of carbonyl (C=O) groups excluding carboxylic acids is 1. The Hall–Kier alpha value is -2.27. The van der Waals surface area contributed by atoms with Crippen molar-refractivity contribution in [2.24, 2.45) is 0 Å². The normalized spacial score (nSPS) is 15.9. The highest BCUT2D eigenvalue weighted by Gasteiger charge is 2.29. The number of hydrogen-bond donors (Lipinski definition) is 0. The first-order valence-corrected chi connectivity index (χ1v) is 14.9. The van der Waals surface area contributed by atoms with E-state index >= 15 is 0 Å². The zero-order chi connectivity index (χ0) is 24.9. The van der Waals surface area contributed by atoms with Crippen LogP contribution in [0.1, 0.15) is 28.8 Å². The van der Waals surface area contributed by atoms with Gasteiger partial charge in [0.15, 0.2) is 19.7 Å². The molecule has 1 heterocycles. The quantitative estimate of drug-likeness (QED) is 0.512. The Labute approximate surface area is 202 Å². The molecule has 0 aliphatic carbocycles. The van der Waals surface area contributed by atoms with Crippen molar-refractivity contribution in [3.8, 4) is 0 Å². The van der Waals surface area contributed by atoms with Crippen LogP contribution in [-0.2, 0) is 31.0 Å². The van der Waals surface area contributed by atoms with Crippen LogP contribution in [0, 0.1) is 0 Å². The molecule has 1 aliphatic heterocycles. The number of benzene rings is 2. The van der Waals surface area contributed by atoms with Crippen molar-refractivity contribution in [2.45, 2.75) is 35.2 Å². The predicted molar refractivity (Wildman–Crippen MR) is 130 cm³/mol. The second kappa shape index (κ2) is 11.0. The second-order valence-corrected chi connectivity index (χ2v) is 12.7. The van der Waals surface area contributed by atoms with Gasteiger partial charge in [0.2, 0.25) is 0 Å². The van der Waals surface area contributed by atoms with Crippen molar-refractivity contribution in [3.05, 3.63) is 59.7 Å². The minimum atomic E-state index is -3.33. The second-order valence-electron chi connectivity index (χ2n) is 8.68. The van der Waals surface area contributed by atoms with Crippen LogP contribution in [0.25, 0.3) is 0 Å². The molecule has 2 aromatic carbocycles. The van der Waals surface area contributed by atoms with Gasteiger partial charge < -0.3 is 9.64 Å². The first-order chi connectivity index (χ1) is 16.0. The molecule has 8 nitrogen and oxygen atoms in total. The summed E-state index contributed by atoms with van der Waals surface area (Å²) in [5.74, 6) is -0.155. The van der Waals surface area contributed by atoms with Gasteiger partial charge in [0.05, 0.1) is 16.4 Å². The molecule has 0 N–H and O–H groups in total. The maximum Gasteiger partial charge on any atom is 0.254 e. The maximum absolute atomic E-state index is 13.3. The molecular formula is C24H32N2O6S2. The molecule has 0 aromatic heterocycles. The third kappa shape index (κ3) is 6.65. The lowest BCUT2D eigenvalue weighted by atomic mass is 10.0. The molecule has 0 bridgehead atoms. The van der Waals surface area contributed by atoms with E-state index in [0.29, 0.717) is 30.2 Å². The highest BCUT2D eigenvalue weighted by atomic mass is 32.2. The Bertz CT molecular complexity index is 1200. The first-order valence-electron chi connectivity index (χ1n) is 11.1. The smallest absolute Gasteiger partial charge is 0.254 e. The molecule has 0 unspecified atom stereocenters. The summed E-state index contributed by atoms with van der Waals surface area (Å²) in [6.07, 6.45) is 3.85. The average Bonchev–Trinajstić information content (AvgIpc) is 2.79. The minimum absolute atomic E-state index is 0.0126. The van der Waals surface area contributed by atoms with E-state index in [1.165, 1.54) is 18.4 Å².